The zero-order valence-corrected chi connectivity index (χ0v) is 10.6. The first kappa shape index (κ1) is 11.7. The molecule has 0 saturated carbocycles. The van der Waals surface area contributed by atoms with Gasteiger partial charge >= 0.3 is 0 Å². The van der Waals surface area contributed by atoms with E-state index in [0.717, 1.165) is 5.69 Å². The second-order valence-electron chi connectivity index (χ2n) is 3.88. The Hall–Kier alpha value is -2.34. The van der Waals surface area contributed by atoms with E-state index in [9.17, 15) is 4.39 Å². The average Bonchev–Trinajstić information content (AvgIpc) is 2.82. The van der Waals surface area contributed by atoms with Crippen LogP contribution >= 0.6 is 12.2 Å². The molecular weight excluding hydrogens is 263 g/mol. The molecule has 1 aromatic carbocycles. The van der Waals surface area contributed by atoms with Crippen molar-refractivity contribution in [3.63, 3.8) is 0 Å². The van der Waals surface area contributed by atoms with Gasteiger partial charge in [-0.2, -0.15) is 5.10 Å². The van der Waals surface area contributed by atoms with Crippen LogP contribution in [-0.4, -0.2) is 19.7 Å². The Morgan fingerprint density at radius 2 is 2.00 bits per heavy atom. The Kier molecular flexibility index (Phi) is 2.92. The Balaban J connectivity index is 2.26. The van der Waals surface area contributed by atoms with Crippen molar-refractivity contribution in [1.29, 1.82) is 0 Å². The fourth-order valence-corrected chi connectivity index (χ4v) is 2.08. The molecule has 2 aromatic heterocycles. The fraction of sp³-hybridized carbons (Fsp3) is 0. The topological polar surface area (TPSA) is 46.5 Å². The summed E-state index contributed by atoms with van der Waals surface area (Å²) < 4.78 is 15.9. The third kappa shape index (κ3) is 2.06. The summed E-state index contributed by atoms with van der Waals surface area (Å²) >= 11 is 5.19. The van der Waals surface area contributed by atoms with E-state index in [2.05, 4.69) is 15.2 Å². The number of aromatic amines is 1. The highest BCUT2D eigenvalue weighted by molar-refractivity contribution is 7.71. The molecule has 0 aliphatic carbocycles. The van der Waals surface area contributed by atoms with Gasteiger partial charge in [0.1, 0.15) is 5.82 Å². The molecule has 19 heavy (non-hydrogen) atoms. The number of H-pyrrole nitrogens is 1. The van der Waals surface area contributed by atoms with Crippen LogP contribution in [0.3, 0.4) is 0 Å². The van der Waals surface area contributed by atoms with E-state index >= 15 is 0 Å². The van der Waals surface area contributed by atoms with E-state index < -0.39 is 0 Å². The van der Waals surface area contributed by atoms with Crippen molar-refractivity contribution < 1.29 is 4.39 Å². The minimum Gasteiger partial charge on any atom is -0.266 e. The summed E-state index contributed by atoms with van der Waals surface area (Å²) in [5.41, 5.74) is 1.12. The molecule has 0 aliphatic rings. The SMILES string of the molecule is Fc1ccccc1-c1n[nH]c(=S)n1-c1cccnc1. The lowest BCUT2D eigenvalue weighted by atomic mass is 10.2. The second-order valence-corrected chi connectivity index (χ2v) is 4.27. The molecule has 0 radical (unpaired) electrons. The maximum atomic E-state index is 13.9. The quantitative estimate of drug-likeness (QED) is 0.729. The summed E-state index contributed by atoms with van der Waals surface area (Å²) in [6, 6.07) is 10.1. The average molecular weight is 272 g/mol. The van der Waals surface area contributed by atoms with Crippen LogP contribution in [0.5, 0.6) is 0 Å². The number of hydrogen-bond acceptors (Lipinski definition) is 3. The van der Waals surface area contributed by atoms with Gasteiger partial charge in [-0.25, -0.2) is 4.39 Å². The monoisotopic (exact) mass is 272 g/mol. The van der Waals surface area contributed by atoms with Crippen molar-refractivity contribution >= 4 is 12.2 Å². The van der Waals surface area contributed by atoms with Crippen molar-refractivity contribution in [2.24, 2.45) is 0 Å². The first-order valence-corrected chi connectivity index (χ1v) is 6.01. The fourth-order valence-electron chi connectivity index (χ4n) is 1.85. The van der Waals surface area contributed by atoms with Crippen LogP contribution in [0.25, 0.3) is 17.1 Å². The van der Waals surface area contributed by atoms with Gasteiger partial charge in [-0.1, -0.05) is 12.1 Å². The van der Waals surface area contributed by atoms with Crippen LogP contribution < -0.4 is 0 Å². The van der Waals surface area contributed by atoms with E-state index in [1.165, 1.54) is 6.07 Å². The molecule has 6 heteroatoms. The lowest BCUT2D eigenvalue weighted by Gasteiger charge is -2.06. The highest BCUT2D eigenvalue weighted by Gasteiger charge is 2.13. The van der Waals surface area contributed by atoms with Gasteiger partial charge in [0, 0.05) is 6.20 Å². The molecule has 0 fully saturated rings. The minimum absolute atomic E-state index is 0.346. The molecule has 4 nitrogen and oxygen atoms in total. The number of halogens is 1. The number of hydrogen-bond donors (Lipinski definition) is 1. The van der Waals surface area contributed by atoms with Crippen LogP contribution in [0.15, 0.2) is 48.8 Å². The number of nitrogens with zero attached hydrogens (tertiary/aromatic N) is 3. The van der Waals surface area contributed by atoms with Crippen LogP contribution in [0, 0.1) is 10.6 Å². The van der Waals surface area contributed by atoms with Crippen LogP contribution in [0.1, 0.15) is 0 Å². The lowest BCUT2D eigenvalue weighted by Crippen LogP contribution is -1.99. The van der Waals surface area contributed by atoms with E-state index in [1.807, 2.05) is 6.07 Å². The third-order valence-electron chi connectivity index (χ3n) is 2.69. The van der Waals surface area contributed by atoms with Crippen LogP contribution in [0.2, 0.25) is 0 Å². The van der Waals surface area contributed by atoms with E-state index in [4.69, 9.17) is 12.2 Å². The highest BCUT2D eigenvalue weighted by Crippen LogP contribution is 2.23. The Morgan fingerprint density at radius 3 is 2.74 bits per heavy atom. The smallest absolute Gasteiger partial charge is 0.200 e. The molecule has 1 N–H and O–H groups in total. The molecule has 0 spiro atoms. The summed E-state index contributed by atoms with van der Waals surface area (Å²) in [7, 11) is 0. The van der Waals surface area contributed by atoms with Gasteiger partial charge < -0.3 is 0 Å². The molecule has 3 aromatic rings. The summed E-state index contributed by atoms with van der Waals surface area (Å²) in [5, 5.41) is 6.78. The third-order valence-corrected chi connectivity index (χ3v) is 2.97. The van der Waals surface area contributed by atoms with Crippen LogP contribution in [-0.2, 0) is 0 Å². The summed E-state index contributed by atoms with van der Waals surface area (Å²) in [5.74, 6) is 0.0812. The van der Waals surface area contributed by atoms with Crippen LogP contribution in [0.4, 0.5) is 4.39 Å². The summed E-state index contributed by atoms with van der Waals surface area (Å²) in [6.07, 6.45) is 3.31. The maximum Gasteiger partial charge on any atom is 0.200 e. The molecule has 0 amide bonds. The molecule has 0 atom stereocenters. The largest absolute Gasteiger partial charge is 0.266 e. The van der Waals surface area contributed by atoms with Crippen molar-refractivity contribution in [2.75, 3.05) is 0 Å². The zero-order valence-electron chi connectivity index (χ0n) is 9.75. The first-order valence-electron chi connectivity index (χ1n) is 5.60. The molecule has 3 rings (SSSR count). The van der Waals surface area contributed by atoms with Gasteiger partial charge in [-0.3, -0.25) is 14.6 Å². The minimum atomic E-state index is -0.346. The molecule has 0 saturated heterocycles. The highest BCUT2D eigenvalue weighted by atomic mass is 32.1. The first-order chi connectivity index (χ1) is 9.27. The Morgan fingerprint density at radius 1 is 1.16 bits per heavy atom. The van der Waals surface area contributed by atoms with Gasteiger partial charge in [-0.15, -0.1) is 0 Å². The Labute approximate surface area is 113 Å². The predicted molar refractivity (Wildman–Crippen MR) is 71.9 cm³/mol. The molecule has 0 aliphatic heterocycles. The van der Waals surface area contributed by atoms with E-state index in [1.54, 1.807) is 41.2 Å². The number of rotatable bonds is 2. The van der Waals surface area contributed by atoms with Gasteiger partial charge in [0.25, 0.3) is 0 Å². The van der Waals surface area contributed by atoms with Gasteiger partial charge in [0.15, 0.2) is 10.6 Å². The summed E-state index contributed by atoms with van der Waals surface area (Å²) in [4.78, 5) is 4.04. The van der Waals surface area contributed by atoms with Crippen molar-refractivity contribution in [3.8, 4) is 17.1 Å². The van der Waals surface area contributed by atoms with Crippen molar-refractivity contribution in [3.05, 3.63) is 59.4 Å². The second kappa shape index (κ2) is 4.74. The molecule has 0 bridgehead atoms. The molecule has 0 unspecified atom stereocenters. The molecule has 94 valence electrons. The Bertz CT molecular complexity index is 764. The van der Waals surface area contributed by atoms with E-state index in [-0.39, 0.29) is 5.82 Å². The predicted octanol–water partition coefficient (Wildman–Crippen LogP) is 3.13. The van der Waals surface area contributed by atoms with Gasteiger partial charge in [-0.05, 0) is 36.5 Å². The van der Waals surface area contributed by atoms with Crippen molar-refractivity contribution in [2.45, 2.75) is 0 Å². The number of pyridine rings is 1. The maximum absolute atomic E-state index is 13.9. The van der Waals surface area contributed by atoms with Gasteiger partial charge in [0.2, 0.25) is 0 Å². The van der Waals surface area contributed by atoms with Crippen molar-refractivity contribution in [1.82, 2.24) is 19.7 Å². The zero-order chi connectivity index (χ0) is 13.2. The normalized spacial score (nSPS) is 10.6. The van der Waals surface area contributed by atoms with Gasteiger partial charge in [0.05, 0.1) is 17.4 Å². The number of nitrogens with one attached hydrogen (secondary N) is 1. The number of aromatic nitrogens is 4. The van der Waals surface area contributed by atoms with E-state index in [0.29, 0.717) is 16.2 Å². The molecular formula is C13H9FN4S. The number of benzene rings is 1. The molecule has 2 heterocycles. The summed E-state index contributed by atoms with van der Waals surface area (Å²) in [6.45, 7) is 0. The lowest BCUT2D eigenvalue weighted by molar-refractivity contribution is 0.629. The standard InChI is InChI=1S/C13H9FN4S/c14-11-6-2-1-5-10(11)12-16-17-13(19)18(12)9-4-3-7-15-8-9/h1-8H,(H,17,19).